The van der Waals surface area contributed by atoms with Crippen molar-refractivity contribution in [2.75, 3.05) is 13.2 Å². The van der Waals surface area contributed by atoms with Crippen molar-refractivity contribution in [3.63, 3.8) is 0 Å². The average Bonchev–Trinajstić information content (AvgIpc) is 2.54. The van der Waals surface area contributed by atoms with Crippen molar-refractivity contribution >= 4 is 0 Å². The average molecular weight is 312 g/mol. The molecule has 0 amide bonds. The van der Waals surface area contributed by atoms with Crippen LogP contribution in [0.5, 0.6) is 0 Å². The predicted molar refractivity (Wildman–Crippen MR) is 87.9 cm³/mol. The van der Waals surface area contributed by atoms with E-state index in [1.165, 1.54) is 0 Å². The van der Waals surface area contributed by atoms with E-state index in [1.807, 2.05) is 44.2 Å². The van der Waals surface area contributed by atoms with Gasteiger partial charge in [0.05, 0.1) is 0 Å². The van der Waals surface area contributed by atoms with Gasteiger partial charge in [-0.3, -0.25) is 4.79 Å². The summed E-state index contributed by atoms with van der Waals surface area (Å²) < 4.78 is 11.1. The second kappa shape index (κ2) is 7.73. The van der Waals surface area contributed by atoms with Gasteiger partial charge in [0, 0.05) is 30.0 Å². The number of H-pyrrole nitrogens is 1. The number of nitrogens with one attached hydrogen (secondary N) is 1. The fourth-order valence-corrected chi connectivity index (χ4v) is 2.39. The Morgan fingerprint density at radius 1 is 1.17 bits per heavy atom. The highest BCUT2D eigenvalue weighted by atomic mass is 16.7. The normalized spacial score (nSPS) is 10.7. The smallest absolute Gasteiger partial charge is 0.266 e. The van der Waals surface area contributed by atoms with Crippen molar-refractivity contribution < 1.29 is 9.47 Å². The summed E-state index contributed by atoms with van der Waals surface area (Å²) in [6.07, 6.45) is -0.407. The van der Waals surface area contributed by atoms with Crippen LogP contribution in [-0.2, 0) is 9.47 Å². The molecule has 5 heteroatoms. The number of nitrogens with zero attached hydrogens (tertiary/aromatic N) is 1. The van der Waals surface area contributed by atoms with E-state index >= 15 is 0 Å². The predicted octanol–water partition coefficient (Wildman–Crippen LogP) is 3.29. The zero-order valence-electron chi connectivity index (χ0n) is 13.6. The molecule has 0 aliphatic carbocycles. The van der Waals surface area contributed by atoms with Gasteiger partial charge in [0.1, 0.15) is 11.6 Å². The molecule has 120 valence electrons. The maximum Gasteiger partial charge on any atom is 0.266 e. The number of ether oxygens (including phenoxy) is 2. The molecule has 5 nitrogen and oxygen atoms in total. The van der Waals surface area contributed by atoms with E-state index in [9.17, 15) is 10.1 Å². The van der Waals surface area contributed by atoms with Gasteiger partial charge in [-0.25, -0.2) is 0 Å². The van der Waals surface area contributed by atoms with E-state index in [2.05, 4.69) is 4.98 Å². The van der Waals surface area contributed by atoms with Gasteiger partial charge in [-0.15, -0.1) is 0 Å². The standard InChI is InChI=1S/C18H20N2O3/c1-4-22-18(23-5-2)14-8-6-13(7-9-14)15-10-12(3)20-17(21)16(15)11-19/h6-10,18H,4-5H2,1-3H3,(H,20,21). The summed E-state index contributed by atoms with van der Waals surface area (Å²) in [6.45, 7) is 6.73. The Kier molecular flexibility index (Phi) is 5.69. The maximum atomic E-state index is 11.9. The molecule has 23 heavy (non-hydrogen) atoms. The number of hydrogen-bond acceptors (Lipinski definition) is 4. The molecule has 0 saturated carbocycles. The van der Waals surface area contributed by atoms with E-state index in [0.717, 1.165) is 16.8 Å². The fraction of sp³-hybridized carbons (Fsp3) is 0.333. The van der Waals surface area contributed by atoms with Crippen LogP contribution in [0.25, 0.3) is 11.1 Å². The zero-order valence-corrected chi connectivity index (χ0v) is 13.6. The molecular formula is C18H20N2O3. The van der Waals surface area contributed by atoms with Crippen molar-refractivity contribution in [1.29, 1.82) is 5.26 Å². The highest BCUT2D eigenvalue weighted by molar-refractivity contribution is 5.70. The van der Waals surface area contributed by atoms with Crippen molar-refractivity contribution in [3.05, 3.63) is 57.5 Å². The molecule has 0 bridgehead atoms. The van der Waals surface area contributed by atoms with Gasteiger partial charge in [-0.05, 0) is 32.4 Å². The monoisotopic (exact) mass is 312 g/mol. The highest BCUT2D eigenvalue weighted by Gasteiger charge is 2.13. The van der Waals surface area contributed by atoms with Crippen molar-refractivity contribution in [1.82, 2.24) is 4.98 Å². The van der Waals surface area contributed by atoms with Crippen LogP contribution in [0.2, 0.25) is 0 Å². The summed E-state index contributed by atoms with van der Waals surface area (Å²) in [7, 11) is 0. The minimum Gasteiger partial charge on any atom is -0.349 e. The topological polar surface area (TPSA) is 75.1 Å². The molecule has 1 heterocycles. The fourth-order valence-electron chi connectivity index (χ4n) is 2.39. The molecule has 0 radical (unpaired) electrons. The van der Waals surface area contributed by atoms with Gasteiger partial charge in [0.15, 0.2) is 6.29 Å². The first-order chi connectivity index (χ1) is 11.1. The quantitative estimate of drug-likeness (QED) is 0.830. The lowest BCUT2D eigenvalue weighted by atomic mass is 10.00. The first-order valence-electron chi connectivity index (χ1n) is 7.58. The minimum absolute atomic E-state index is 0.120. The van der Waals surface area contributed by atoms with Gasteiger partial charge < -0.3 is 14.5 Å². The minimum atomic E-state index is -0.407. The number of aryl methyl sites for hydroxylation is 1. The van der Waals surface area contributed by atoms with Crippen molar-refractivity contribution in [2.45, 2.75) is 27.1 Å². The Morgan fingerprint density at radius 2 is 1.78 bits per heavy atom. The largest absolute Gasteiger partial charge is 0.349 e. The van der Waals surface area contributed by atoms with E-state index in [1.54, 1.807) is 13.0 Å². The molecule has 1 aromatic carbocycles. The zero-order chi connectivity index (χ0) is 16.8. The summed E-state index contributed by atoms with van der Waals surface area (Å²) >= 11 is 0. The number of pyridine rings is 1. The number of rotatable bonds is 6. The summed E-state index contributed by atoms with van der Waals surface area (Å²) in [5.74, 6) is 0. The molecular weight excluding hydrogens is 292 g/mol. The van der Waals surface area contributed by atoms with Gasteiger partial charge in [-0.2, -0.15) is 5.26 Å². The number of nitriles is 1. The van der Waals surface area contributed by atoms with Crippen LogP contribution in [0.4, 0.5) is 0 Å². The van der Waals surface area contributed by atoms with Gasteiger partial charge in [-0.1, -0.05) is 24.3 Å². The molecule has 2 rings (SSSR count). The lowest BCUT2D eigenvalue weighted by Gasteiger charge is -2.17. The summed E-state index contributed by atoms with van der Waals surface area (Å²) in [5, 5.41) is 9.22. The lowest BCUT2D eigenvalue weighted by Crippen LogP contribution is -2.13. The van der Waals surface area contributed by atoms with Crippen LogP contribution in [0, 0.1) is 18.3 Å². The van der Waals surface area contributed by atoms with Gasteiger partial charge in [0.25, 0.3) is 5.56 Å². The number of benzene rings is 1. The molecule has 0 unspecified atom stereocenters. The molecule has 0 aliphatic heterocycles. The molecule has 0 saturated heterocycles. The number of hydrogen-bond donors (Lipinski definition) is 1. The van der Waals surface area contributed by atoms with Crippen molar-refractivity contribution in [3.8, 4) is 17.2 Å². The molecule has 2 aromatic rings. The molecule has 0 fully saturated rings. The first kappa shape index (κ1) is 16.9. The third kappa shape index (κ3) is 3.86. The SMILES string of the molecule is CCOC(OCC)c1ccc(-c2cc(C)[nH]c(=O)c2C#N)cc1. The molecule has 1 N–H and O–H groups in total. The van der Waals surface area contributed by atoms with E-state index < -0.39 is 6.29 Å². The van der Waals surface area contributed by atoms with Crippen LogP contribution in [-0.4, -0.2) is 18.2 Å². The first-order valence-corrected chi connectivity index (χ1v) is 7.58. The molecule has 0 atom stereocenters. The summed E-state index contributed by atoms with van der Waals surface area (Å²) in [5.41, 5.74) is 2.81. The Labute approximate surface area is 135 Å². The molecule has 1 aromatic heterocycles. The van der Waals surface area contributed by atoms with Crippen LogP contribution >= 0.6 is 0 Å². The second-order valence-electron chi connectivity index (χ2n) is 5.05. The van der Waals surface area contributed by atoms with Gasteiger partial charge >= 0.3 is 0 Å². The number of aromatic amines is 1. The Balaban J connectivity index is 2.41. The van der Waals surface area contributed by atoms with Crippen LogP contribution in [0.15, 0.2) is 35.1 Å². The second-order valence-corrected chi connectivity index (χ2v) is 5.05. The van der Waals surface area contributed by atoms with Crippen LogP contribution in [0.3, 0.4) is 0 Å². The number of aromatic nitrogens is 1. The lowest BCUT2D eigenvalue weighted by molar-refractivity contribution is -0.140. The summed E-state index contributed by atoms with van der Waals surface area (Å²) in [4.78, 5) is 14.5. The maximum absolute atomic E-state index is 11.9. The molecule has 0 aliphatic rings. The van der Waals surface area contributed by atoms with E-state index in [4.69, 9.17) is 9.47 Å². The summed E-state index contributed by atoms with van der Waals surface area (Å²) in [6, 6.07) is 11.3. The van der Waals surface area contributed by atoms with E-state index in [0.29, 0.717) is 18.8 Å². The van der Waals surface area contributed by atoms with Crippen LogP contribution < -0.4 is 5.56 Å². The highest BCUT2D eigenvalue weighted by Crippen LogP contribution is 2.25. The molecule has 0 spiro atoms. The van der Waals surface area contributed by atoms with E-state index in [-0.39, 0.29) is 11.1 Å². The van der Waals surface area contributed by atoms with Gasteiger partial charge in [0.2, 0.25) is 0 Å². The third-order valence-corrected chi connectivity index (χ3v) is 3.41. The Bertz CT molecular complexity index is 751. The van der Waals surface area contributed by atoms with Crippen molar-refractivity contribution in [2.24, 2.45) is 0 Å². The van der Waals surface area contributed by atoms with Crippen LogP contribution in [0.1, 0.15) is 37.0 Å². The third-order valence-electron chi connectivity index (χ3n) is 3.41. The Morgan fingerprint density at radius 3 is 2.30 bits per heavy atom. The Hall–Kier alpha value is -2.42.